The maximum Gasteiger partial charge on any atom is 0.0612 e. The maximum atomic E-state index is 8.55. The minimum absolute atomic E-state index is 0.125. The van der Waals surface area contributed by atoms with E-state index >= 15 is 0 Å². The van der Waals surface area contributed by atoms with Gasteiger partial charge in [-0.15, -0.1) is 0 Å². The van der Waals surface area contributed by atoms with Gasteiger partial charge in [-0.25, -0.2) is 0 Å². The molecule has 0 saturated carbocycles. The van der Waals surface area contributed by atoms with Crippen molar-refractivity contribution in [3.63, 3.8) is 0 Å². The van der Waals surface area contributed by atoms with E-state index in [-0.39, 0.29) is 6.61 Å². The topological polar surface area (TPSA) is 29.5 Å². The average Bonchev–Trinajstić information content (AvgIpc) is 2.16. The standard InChI is InChI=1S/C11H22O2/c1-4-10(2)9-11(13-3)7-5-6-8-12/h5-6,10-12H,4,7-9H2,1-3H3/b6-5+. The van der Waals surface area contributed by atoms with Crippen LogP contribution in [0.25, 0.3) is 0 Å². The second-order valence-corrected chi connectivity index (χ2v) is 3.50. The highest BCUT2D eigenvalue weighted by Gasteiger charge is 2.09. The van der Waals surface area contributed by atoms with Crippen molar-refractivity contribution < 1.29 is 9.84 Å². The number of aliphatic hydroxyl groups excluding tert-OH is 1. The molecular formula is C11H22O2. The Labute approximate surface area is 81.6 Å². The van der Waals surface area contributed by atoms with Crippen molar-refractivity contribution in [1.82, 2.24) is 0 Å². The van der Waals surface area contributed by atoms with Crippen LogP contribution < -0.4 is 0 Å². The fourth-order valence-corrected chi connectivity index (χ4v) is 1.23. The van der Waals surface area contributed by atoms with E-state index in [0.717, 1.165) is 12.8 Å². The summed E-state index contributed by atoms with van der Waals surface area (Å²) in [5.74, 6) is 0.715. The van der Waals surface area contributed by atoms with E-state index in [2.05, 4.69) is 13.8 Å². The second-order valence-electron chi connectivity index (χ2n) is 3.50. The fraction of sp³-hybridized carbons (Fsp3) is 0.818. The Morgan fingerprint density at radius 3 is 2.54 bits per heavy atom. The molecule has 0 bridgehead atoms. The lowest BCUT2D eigenvalue weighted by Crippen LogP contribution is -2.13. The van der Waals surface area contributed by atoms with E-state index in [1.165, 1.54) is 6.42 Å². The van der Waals surface area contributed by atoms with Gasteiger partial charge < -0.3 is 9.84 Å². The molecule has 2 unspecified atom stereocenters. The van der Waals surface area contributed by atoms with Crippen molar-refractivity contribution in [2.24, 2.45) is 5.92 Å². The van der Waals surface area contributed by atoms with E-state index < -0.39 is 0 Å². The van der Waals surface area contributed by atoms with E-state index in [9.17, 15) is 0 Å². The number of methoxy groups -OCH3 is 1. The molecule has 78 valence electrons. The third-order valence-corrected chi connectivity index (χ3v) is 2.37. The van der Waals surface area contributed by atoms with Gasteiger partial charge in [-0.3, -0.25) is 0 Å². The predicted octanol–water partition coefficient (Wildman–Crippen LogP) is 2.38. The van der Waals surface area contributed by atoms with Gasteiger partial charge in [0.05, 0.1) is 12.7 Å². The summed E-state index contributed by atoms with van der Waals surface area (Å²) in [6.07, 6.45) is 7.25. The Hall–Kier alpha value is -0.340. The minimum Gasteiger partial charge on any atom is -0.392 e. The molecule has 0 aliphatic carbocycles. The van der Waals surface area contributed by atoms with Crippen LogP contribution in [0.5, 0.6) is 0 Å². The zero-order valence-corrected chi connectivity index (χ0v) is 8.99. The normalized spacial score (nSPS) is 16.3. The molecule has 2 heteroatoms. The van der Waals surface area contributed by atoms with Crippen LogP contribution in [0, 0.1) is 5.92 Å². The molecule has 0 saturated heterocycles. The lowest BCUT2D eigenvalue weighted by atomic mass is 9.99. The van der Waals surface area contributed by atoms with Gasteiger partial charge in [-0.2, -0.15) is 0 Å². The van der Waals surface area contributed by atoms with Crippen molar-refractivity contribution in [3.05, 3.63) is 12.2 Å². The highest BCUT2D eigenvalue weighted by molar-refractivity contribution is 4.84. The number of aliphatic hydroxyl groups is 1. The number of rotatable bonds is 7. The molecule has 2 atom stereocenters. The molecule has 0 aliphatic rings. The number of hydrogen-bond donors (Lipinski definition) is 1. The van der Waals surface area contributed by atoms with Crippen LogP contribution in [0.2, 0.25) is 0 Å². The largest absolute Gasteiger partial charge is 0.392 e. The molecule has 0 aromatic carbocycles. The van der Waals surface area contributed by atoms with Crippen LogP contribution in [0.15, 0.2) is 12.2 Å². The summed E-state index contributed by atoms with van der Waals surface area (Å²) in [5, 5.41) is 8.55. The molecule has 0 aromatic heterocycles. The summed E-state index contributed by atoms with van der Waals surface area (Å²) in [6, 6.07) is 0. The molecule has 1 N–H and O–H groups in total. The molecule has 0 radical (unpaired) electrons. The predicted molar refractivity (Wildman–Crippen MR) is 55.7 cm³/mol. The van der Waals surface area contributed by atoms with Crippen LogP contribution in [-0.4, -0.2) is 24.9 Å². The third kappa shape index (κ3) is 6.79. The SMILES string of the molecule is CCC(C)CC(C/C=C/CO)OC. The zero-order valence-electron chi connectivity index (χ0n) is 8.99. The third-order valence-electron chi connectivity index (χ3n) is 2.37. The van der Waals surface area contributed by atoms with Gasteiger partial charge in [0.25, 0.3) is 0 Å². The maximum absolute atomic E-state index is 8.55. The molecule has 0 spiro atoms. The Kier molecular flexibility index (Phi) is 8.05. The highest BCUT2D eigenvalue weighted by Crippen LogP contribution is 2.14. The first-order valence-corrected chi connectivity index (χ1v) is 5.03. The van der Waals surface area contributed by atoms with Gasteiger partial charge in [-0.1, -0.05) is 32.4 Å². The highest BCUT2D eigenvalue weighted by atomic mass is 16.5. The fourth-order valence-electron chi connectivity index (χ4n) is 1.23. The number of hydrogen-bond acceptors (Lipinski definition) is 2. The van der Waals surface area contributed by atoms with Gasteiger partial charge in [0.2, 0.25) is 0 Å². The van der Waals surface area contributed by atoms with Crippen LogP contribution in [0.1, 0.15) is 33.1 Å². The van der Waals surface area contributed by atoms with Crippen LogP contribution in [0.4, 0.5) is 0 Å². The van der Waals surface area contributed by atoms with Crippen molar-refractivity contribution in [2.75, 3.05) is 13.7 Å². The molecule has 0 fully saturated rings. The molecule has 0 aliphatic heterocycles. The van der Waals surface area contributed by atoms with Crippen LogP contribution in [-0.2, 0) is 4.74 Å². The van der Waals surface area contributed by atoms with Gasteiger partial charge >= 0.3 is 0 Å². The van der Waals surface area contributed by atoms with E-state index in [1.54, 1.807) is 13.2 Å². The first-order chi connectivity index (χ1) is 6.24. The molecule has 0 aromatic rings. The van der Waals surface area contributed by atoms with Crippen molar-refractivity contribution >= 4 is 0 Å². The quantitative estimate of drug-likeness (QED) is 0.618. The van der Waals surface area contributed by atoms with Crippen molar-refractivity contribution in [1.29, 1.82) is 0 Å². The summed E-state index contributed by atoms with van der Waals surface area (Å²) in [4.78, 5) is 0. The van der Waals surface area contributed by atoms with Gasteiger partial charge in [0.15, 0.2) is 0 Å². The summed E-state index contributed by atoms with van der Waals surface area (Å²) >= 11 is 0. The summed E-state index contributed by atoms with van der Waals surface area (Å²) in [7, 11) is 1.75. The van der Waals surface area contributed by atoms with E-state index in [1.807, 2.05) is 6.08 Å². The lowest BCUT2D eigenvalue weighted by molar-refractivity contribution is 0.0841. The Balaban J connectivity index is 3.68. The molecular weight excluding hydrogens is 164 g/mol. The lowest BCUT2D eigenvalue weighted by Gasteiger charge is -2.17. The Morgan fingerprint density at radius 1 is 1.38 bits per heavy atom. The van der Waals surface area contributed by atoms with Crippen molar-refractivity contribution in [3.8, 4) is 0 Å². The minimum atomic E-state index is 0.125. The average molecular weight is 186 g/mol. The summed E-state index contributed by atoms with van der Waals surface area (Å²) in [6.45, 7) is 4.56. The second kappa shape index (κ2) is 8.27. The monoisotopic (exact) mass is 186 g/mol. The first kappa shape index (κ1) is 12.7. The van der Waals surface area contributed by atoms with E-state index in [4.69, 9.17) is 9.84 Å². The zero-order chi connectivity index (χ0) is 10.1. The van der Waals surface area contributed by atoms with Gasteiger partial charge in [0, 0.05) is 7.11 Å². The van der Waals surface area contributed by atoms with Gasteiger partial charge in [0.1, 0.15) is 0 Å². The molecule has 0 amide bonds. The van der Waals surface area contributed by atoms with Gasteiger partial charge in [-0.05, 0) is 18.8 Å². The molecule has 0 rings (SSSR count). The molecule has 2 nitrogen and oxygen atoms in total. The summed E-state index contributed by atoms with van der Waals surface area (Å²) in [5.41, 5.74) is 0. The smallest absolute Gasteiger partial charge is 0.0612 e. The van der Waals surface area contributed by atoms with Crippen molar-refractivity contribution in [2.45, 2.75) is 39.2 Å². The Morgan fingerprint density at radius 2 is 2.08 bits per heavy atom. The Bertz CT molecular complexity index is 132. The first-order valence-electron chi connectivity index (χ1n) is 5.03. The van der Waals surface area contributed by atoms with Crippen LogP contribution in [0.3, 0.4) is 0 Å². The molecule has 13 heavy (non-hydrogen) atoms. The van der Waals surface area contributed by atoms with Crippen LogP contribution >= 0.6 is 0 Å². The summed E-state index contributed by atoms with van der Waals surface area (Å²) < 4.78 is 5.34. The molecule has 0 heterocycles. The van der Waals surface area contributed by atoms with E-state index in [0.29, 0.717) is 12.0 Å². The number of ether oxygens (including phenoxy) is 1.